The second kappa shape index (κ2) is 7.11. The van der Waals surface area contributed by atoms with Gasteiger partial charge in [0.15, 0.2) is 11.6 Å². The van der Waals surface area contributed by atoms with Crippen molar-refractivity contribution in [2.45, 2.75) is 32.6 Å². The average Bonchev–Trinajstić information content (AvgIpc) is 3.01. The van der Waals surface area contributed by atoms with Gasteiger partial charge in [-0.1, -0.05) is 6.07 Å². The van der Waals surface area contributed by atoms with Crippen molar-refractivity contribution in [1.82, 2.24) is 14.9 Å². The van der Waals surface area contributed by atoms with Crippen molar-refractivity contribution in [2.75, 3.05) is 13.1 Å². The number of hydrogen-bond donors (Lipinski definition) is 1. The number of H-pyrrole nitrogens is 1. The van der Waals surface area contributed by atoms with Gasteiger partial charge in [0.25, 0.3) is 5.91 Å². The zero-order chi connectivity index (χ0) is 17.1. The standard InChI is InChI=1S/C18H21F2N3O/c1-12-17(22-11-21-12)18(24)23-8-2-3-14(10-23)5-4-13-6-7-15(19)16(20)9-13/h6-7,9,11,14H,2-5,8,10H2,1H3,(H,21,22). The Hall–Kier alpha value is -2.24. The lowest BCUT2D eigenvalue weighted by molar-refractivity contribution is 0.0662. The van der Waals surface area contributed by atoms with Gasteiger partial charge in [-0.25, -0.2) is 13.8 Å². The highest BCUT2D eigenvalue weighted by Gasteiger charge is 2.26. The Morgan fingerprint density at radius 1 is 1.38 bits per heavy atom. The Balaban J connectivity index is 1.58. The van der Waals surface area contributed by atoms with Crippen LogP contribution in [-0.4, -0.2) is 33.9 Å². The summed E-state index contributed by atoms with van der Waals surface area (Å²) < 4.78 is 26.2. The minimum absolute atomic E-state index is 0.0359. The van der Waals surface area contributed by atoms with E-state index in [1.165, 1.54) is 18.5 Å². The Bertz CT molecular complexity index is 729. The molecule has 0 aliphatic carbocycles. The van der Waals surface area contributed by atoms with Crippen LogP contribution in [-0.2, 0) is 6.42 Å². The highest BCUT2D eigenvalue weighted by atomic mass is 19.2. The van der Waals surface area contributed by atoms with Crippen molar-refractivity contribution < 1.29 is 13.6 Å². The second-order valence-electron chi connectivity index (χ2n) is 6.42. The van der Waals surface area contributed by atoms with Crippen LogP contribution in [0.25, 0.3) is 0 Å². The third-order valence-corrected chi connectivity index (χ3v) is 4.66. The minimum atomic E-state index is -0.817. The van der Waals surface area contributed by atoms with Crippen molar-refractivity contribution in [1.29, 1.82) is 0 Å². The molecule has 1 aliphatic rings. The molecule has 0 bridgehead atoms. The smallest absolute Gasteiger partial charge is 0.274 e. The molecule has 4 nitrogen and oxygen atoms in total. The van der Waals surface area contributed by atoms with E-state index in [-0.39, 0.29) is 5.91 Å². The topological polar surface area (TPSA) is 49.0 Å². The molecule has 0 spiro atoms. The number of imidazole rings is 1. The van der Waals surface area contributed by atoms with Gasteiger partial charge in [-0.05, 0) is 56.2 Å². The molecule has 6 heteroatoms. The lowest BCUT2D eigenvalue weighted by atomic mass is 9.91. The minimum Gasteiger partial charge on any atom is -0.348 e. The largest absolute Gasteiger partial charge is 0.348 e. The van der Waals surface area contributed by atoms with E-state index < -0.39 is 11.6 Å². The number of likely N-dealkylation sites (tertiary alicyclic amines) is 1. The number of aromatic nitrogens is 2. The molecular weight excluding hydrogens is 312 g/mol. The summed E-state index contributed by atoms with van der Waals surface area (Å²) >= 11 is 0. The summed E-state index contributed by atoms with van der Waals surface area (Å²) in [5.41, 5.74) is 2.06. The fourth-order valence-corrected chi connectivity index (χ4v) is 3.28. The number of carbonyl (C=O) groups excluding carboxylic acids is 1. The van der Waals surface area contributed by atoms with E-state index in [2.05, 4.69) is 9.97 Å². The molecule has 1 unspecified atom stereocenters. The van der Waals surface area contributed by atoms with E-state index in [0.29, 0.717) is 24.6 Å². The third kappa shape index (κ3) is 3.63. The Labute approximate surface area is 139 Å². The summed E-state index contributed by atoms with van der Waals surface area (Å²) in [6.07, 6.45) is 5.08. The van der Waals surface area contributed by atoms with Gasteiger partial charge in [-0.2, -0.15) is 0 Å². The van der Waals surface area contributed by atoms with Crippen LogP contribution in [0.5, 0.6) is 0 Å². The lowest BCUT2D eigenvalue weighted by Crippen LogP contribution is -2.40. The summed E-state index contributed by atoms with van der Waals surface area (Å²) in [4.78, 5) is 21.4. The first-order valence-electron chi connectivity index (χ1n) is 8.27. The number of benzene rings is 1. The maximum Gasteiger partial charge on any atom is 0.274 e. The van der Waals surface area contributed by atoms with E-state index in [9.17, 15) is 13.6 Å². The number of piperidine rings is 1. The number of carbonyl (C=O) groups is 1. The van der Waals surface area contributed by atoms with Crippen molar-refractivity contribution in [3.63, 3.8) is 0 Å². The van der Waals surface area contributed by atoms with E-state index in [1.807, 2.05) is 11.8 Å². The molecule has 1 aromatic carbocycles. The number of hydrogen-bond acceptors (Lipinski definition) is 2. The van der Waals surface area contributed by atoms with Crippen LogP contribution < -0.4 is 0 Å². The highest BCUT2D eigenvalue weighted by molar-refractivity contribution is 5.93. The normalized spacial score (nSPS) is 18.0. The van der Waals surface area contributed by atoms with Crippen LogP contribution in [0.1, 0.15) is 41.0 Å². The summed E-state index contributed by atoms with van der Waals surface area (Å²) in [5, 5.41) is 0. The summed E-state index contributed by atoms with van der Waals surface area (Å²) in [5.74, 6) is -1.29. The van der Waals surface area contributed by atoms with Crippen LogP contribution in [0.15, 0.2) is 24.5 Å². The van der Waals surface area contributed by atoms with Gasteiger partial charge < -0.3 is 9.88 Å². The molecule has 1 saturated heterocycles. The van der Waals surface area contributed by atoms with Crippen molar-refractivity contribution in [3.8, 4) is 0 Å². The lowest BCUT2D eigenvalue weighted by Gasteiger charge is -2.32. The molecule has 128 valence electrons. The number of aryl methyl sites for hydroxylation is 2. The molecule has 0 radical (unpaired) electrons. The van der Waals surface area contributed by atoms with E-state index in [1.54, 1.807) is 6.07 Å². The number of amides is 1. The Kier molecular flexibility index (Phi) is 4.92. The van der Waals surface area contributed by atoms with Gasteiger partial charge >= 0.3 is 0 Å². The maximum atomic E-state index is 13.3. The zero-order valence-corrected chi connectivity index (χ0v) is 13.7. The molecule has 1 atom stereocenters. The summed E-state index contributed by atoms with van der Waals surface area (Å²) in [6, 6.07) is 4.05. The monoisotopic (exact) mass is 333 g/mol. The Morgan fingerprint density at radius 2 is 2.21 bits per heavy atom. The third-order valence-electron chi connectivity index (χ3n) is 4.66. The molecule has 1 fully saturated rings. The predicted octanol–water partition coefficient (Wildman–Crippen LogP) is 3.48. The number of nitrogens with one attached hydrogen (secondary N) is 1. The van der Waals surface area contributed by atoms with Gasteiger partial charge in [-0.15, -0.1) is 0 Å². The van der Waals surface area contributed by atoms with Crippen molar-refractivity contribution in [2.24, 2.45) is 5.92 Å². The number of halogens is 2. The van der Waals surface area contributed by atoms with Crippen molar-refractivity contribution in [3.05, 3.63) is 53.1 Å². The van der Waals surface area contributed by atoms with Crippen LogP contribution in [0.2, 0.25) is 0 Å². The SMILES string of the molecule is Cc1[nH]cnc1C(=O)N1CCCC(CCc2ccc(F)c(F)c2)C1. The van der Waals surface area contributed by atoms with Gasteiger partial charge in [0.05, 0.1) is 6.33 Å². The van der Waals surface area contributed by atoms with Gasteiger partial charge in [0.1, 0.15) is 5.69 Å². The average molecular weight is 333 g/mol. The van der Waals surface area contributed by atoms with E-state index >= 15 is 0 Å². The molecule has 2 aromatic rings. The van der Waals surface area contributed by atoms with Gasteiger partial charge in [0, 0.05) is 18.8 Å². The molecule has 1 N–H and O–H groups in total. The second-order valence-corrected chi connectivity index (χ2v) is 6.42. The van der Waals surface area contributed by atoms with E-state index in [4.69, 9.17) is 0 Å². The maximum absolute atomic E-state index is 13.3. The molecule has 1 aliphatic heterocycles. The molecule has 0 saturated carbocycles. The van der Waals surface area contributed by atoms with Crippen LogP contribution in [0.4, 0.5) is 8.78 Å². The fraction of sp³-hybridized carbons (Fsp3) is 0.444. The number of nitrogens with zero attached hydrogens (tertiary/aromatic N) is 2. The van der Waals surface area contributed by atoms with Gasteiger partial charge in [0.2, 0.25) is 0 Å². The van der Waals surface area contributed by atoms with E-state index in [0.717, 1.165) is 37.1 Å². The first kappa shape index (κ1) is 16.6. The first-order valence-corrected chi connectivity index (χ1v) is 8.27. The van der Waals surface area contributed by atoms with Gasteiger partial charge in [-0.3, -0.25) is 4.79 Å². The first-order chi connectivity index (χ1) is 11.5. The fourth-order valence-electron chi connectivity index (χ4n) is 3.28. The predicted molar refractivity (Wildman–Crippen MR) is 86.6 cm³/mol. The molecule has 3 rings (SSSR count). The highest BCUT2D eigenvalue weighted by Crippen LogP contribution is 2.23. The van der Waals surface area contributed by atoms with Crippen LogP contribution >= 0.6 is 0 Å². The molecule has 24 heavy (non-hydrogen) atoms. The summed E-state index contributed by atoms with van der Waals surface area (Å²) in [6.45, 7) is 3.27. The zero-order valence-electron chi connectivity index (χ0n) is 13.7. The van der Waals surface area contributed by atoms with Crippen LogP contribution in [0.3, 0.4) is 0 Å². The van der Waals surface area contributed by atoms with Crippen LogP contribution in [0, 0.1) is 24.5 Å². The molecule has 2 heterocycles. The summed E-state index contributed by atoms with van der Waals surface area (Å²) in [7, 11) is 0. The quantitative estimate of drug-likeness (QED) is 0.931. The molecular formula is C18H21F2N3O. The number of aromatic amines is 1. The molecule has 1 amide bonds. The number of rotatable bonds is 4. The Morgan fingerprint density at radius 3 is 2.92 bits per heavy atom. The molecule has 1 aromatic heterocycles. The van der Waals surface area contributed by atoms with Crippen molar-refractivity contribution >= 4 is 5.91 Å².